The van der Waals surface area contributed by atoms with Crippen molar-refractivity contribution in [3.63, 3.8) is 0 Å². The minimum absolute atomic E-state index is 0.546. The van der Waals surface area contributed by atoms with Gasteiger partial charge in [-0.3, -0.25) is 0 Å². The topological polar surface area (TPSA) is 54.8 Å². The van der Waals surface area contributed by atoms with Crippen molar-refractivity contribution in [3.05, 3.63) is 235 Å². The summed E-state index contributed by atoms with van der Waals surface area (Å²) < 4.78 is 8.94. The minimum atomic E-state index is -0.546. The highest BCUT2D eigenvalue weighted by atomic mass is 16.3. The molecule has 1 aliphatic rings. The predicted molar refractivity (Wildman–Crippen MR) is 256 cm³/mol. The van der Waals surface area contributed by atoms with Gasteiger partial charge in [-0.15, -0.1) is 0 Å². The van der Waals surface area contributed by atoms with E-state index in [1.54, 1.807) is 0 Å². The summed E-state index contributed by atoms with van der Waals surface area (Å²) in [6.07, 6.45) is -0.546. The van der Waals surface area contributed by atoms with Crippen LogP contribution in [-0.4, -0.2) is 16.2 Å². The molecule has 0 bridgehead atoms. The number of aromatic nitrogens is 1. The van der Waals surface area contributed by atoms with Gasteiger partial charge in [0.25, 0.3) is 0 Å². The van der Waals surface area contributed by atoms with E-state index >= 15 is 0 Å². The summed E-state index contributed by atoms with van der Waals surface area (Å²) >= 11 is 0. The summed E-state index contributed by atoms with van der Waals surface area (Å²) in [6.45, 7) is 0. The third-order valence-electron chi connectivity index (χ3n) is 12.0. The largest absolute Gasteiger partial charge is 0.456 e. The average Bonchev–Trinajstić information content (AvgIpc) is 3.90. The summed E-state index contributed by atoms with van der Waals surface area (Å²) in [5.41, 5.74) is 14.9. The van der Waals surface area contributed by atoms with Gasteiger partial charge in [-0.05, 0) is 100 Å². The molecule has 5 nitrogen and oxygen atoms in total. The van der Waals surface area contributed by atoms with Gasteiger partial charge in [0.1, 0.15) is 22.8 Å². The molecule has 0 fully saturated rings. The molecule has 2 aromatic heterocycles. The van der Waals surface area contributed by atoms with Crippen LogP contribution in [0.2, 0.25) is 0 Å². The number of benzene rings is 9. The van der Waals surface area contributed by atoms with Gasteiger partial charge in [0.2, 0.25) is 0 Å². The molecule has 9 aromatic carbocycles. The van der Waals surface area contributed by atoms with Crippen LogP contribution in [0.5, 0.6) is 0 Å². The number of furan rings is 1. The van der Waals surface area contributed by atoms with Gasteiger partial charge >= 0.3 is 0 Å². The zero-order valence-corrected chi connectivity index (χ0v) is 33.6. The fourth-order valence-corrected chi connectivity index (χ4v) is 9.09. The Morgan fingerprint density at radius 3 is 1.61 bits per heavy atom. The molecule has 1 N–H and O–H groups in total. The van der Waals surface area contributed by atoms with Crippen LogP contribution in [0, 0.1) is 0 Å². The maximum Gasteiger partial charge on any atom is 0.170 e. The van der Waals surface area contributed by atoms with Crippen LogP contribution in [0.3, 0.4) is 0 Å². The first-order valence-electron chi connectivity index (χ1n) is 21.0. The lowest BCUT2D eigenvalue weighted by atomic mass is 9.95. The Kier molecular flexibility index (Phi) is 8.49. The summed E-state index contributed by atoms with van der Waals surface area (Å²) in [4.78, 5) is 10.8. The van der Waals surface area contributed by atoms with E-state index in [-0.39, 0.29) is 0 Å². The summed E-state index contributed by atoms with van der Waals surface area (Å²) in [5, 5.41) is 8.15. The van der Waals surface area contributed by atoms with Crippen molar-refractivity contribution in [1.82, 2.24) is 9.88 Å². The van der Waals surface area contributed by atoms with Crippen LogP contribution in [0.25, 0.3) is 82.8 Å². The molecule has 3 heterocycles. The van der Waals surface area contributed by atoms with Crippen LogP contribution in [0.15, 0.2) is 233 Å². The highest BCUT2D eigenvalue weighted by Gasteiger charge is 2.25. The third kappa shape index (κ3) is 6.18. The second-order valence-corrected chi connectivity index (χ2v) is 15.8. The molecule has 0 radical (unpaired) electrons. The summed E-state index contributed by atoms with van der Waals surface area (Å²) in [6, 6.07) is 76.9. The van der Waals surface area contributed by atoms with E-state index in [2.05, 4.69) is 204 Å². The Morgan fingerprint density at radius 2 is 0.919 bits per heavy atom. The average molecular weight is 795 g/mol. The number of para-hydroxylation sites is 2. The van der Waals surface area contributed by atoms with Crippen molar-refractivity contribution in [2.24, 2.45) is 9.98 Å². The van der Waals surface area contributed by atoms with Crippen molar-refractivity contribution < 1.29 is 4.42 Å². The van der Waals surface area contributed by atoms with Gasteiger partial charge < -0.3 is 14.3 Å². The van der Waals surface area contributed by atoms with Gasteiger partial charge in [0.05, 0.1) is 11.0 Å². The third-order valence-corrected chi connectivity index (χ3v) is 12.0. The van der Waals surface area contributed by atoms with Gasteiger partial charge in [0.15, 0.2) is 6.17 Å². The summed E-state index contributed by atoms with van der Waals surface area (Å²) in [7, 11) is 0. The molecule has 0 aliphatic carbocycles. The van der Waals surface area contributed by atoms with Crippen LogP contribution in [0.1, 0.15) is 22.9 Å². The van der Waals surface area contributed by atoms with Gasteiger partial charge in [0, 0.05) is 43.9 Å². The number of amidine groups is 2. The molecule has 1 aliphatic heterocycles. The molecule has 5 heteroatoms. The first-order valence-corrected chi connectivity index (χ1v) is 21.0. The van der Waals surface area contributed by atoms with Crippen molar-refractivity contribution in [1.29, 1.82) is 0 Å². The van der Waals surface area contributed by atoms with E-state index in [0.717, 1.165) is 89.4 Å². The van der Waals surface area contributed by atoms with Crippen molar-refractivity contribution >= 4 is 55.4 Å². The minimum Gasteiger partial charge on any atom is -0.456 e. The SMILES string of the molecule is c1ccc(C2=NC(c3cccc4oc5ccc(-c6ccc7c(c6)c6ccccc6n7-c6ccccc6)cc5c34)N=C(c3cc(-c4ccccc4)cc(-c4ccccc4)c3)N2)cc1. The van der Waals surface area contributed by atoms with E-state index in [0.29, 0.717) is 0 Å². The highest BCUT2D eigenvalue weighted by Crippen LogP contribution is 2.41. The number of fused-ring (bicyclic) bond motifs is 6. The molecule has 0 spiro atoms. The molecule has 12 rings (SSSR count). The van der Waals surface area contributed by atoms with Crippen LogP contribution in [-0.2, 0) is 0 Å². The van der Waals surface area contributed by atoms with E-state index in [4.69, 9.17) is 14.4 Å². The summed E-state index contributed by atoms with van der Waals surface area (Å²) in [5.74, 6) is 1.52. The van der Waals surface area contributed by atoms with Crippen molar-refractivity contribution in [2.75, 3.05) is 0 Å². The lowest BCUT2D eigenvalue weighted by Crippen LogP contribution is -2.36. The Hall–Kier alpha value is -8.28. The zero-order chi connectivity index (χ0) is 41.0. The van der Waals surface area contributed by atoms with Crippen LogP contribution in [0.4, 0.5) is 0 Å². The standard InChI is InChI=1S/C57H38N4O/c1-5-16-37(17-6-1)42-32-43(38-18-7-2-8-19-38)34-44(33-42)56-58-55(39-20-9-3-10-21-39)59-57(60-56)47-25-15-27-53-54(47)49-36-41(29-31-52(49)62-53)40-28-30-51-48(35-40)46-24-13-14-26-50(46)61(51)45-22-11-4-12-23-45/h1-36,57H,(H,58,59,60). The zero-order valence-electron chi connectivity index (χ0n) is 33.6. The smallest absolute Gasteiger partial charge is 0.170 e. The Morgan fingerprint density at radius 1 is 0.371 bits per heavy atom. The van der Waals surface area contributed by atoms with E-state index in [9.17, 15) is 0 Å². The predicted octanol–water partition coefficient (Wildman–Crippen LogP) is 14.2. The van der Waals surface area contributed by atoms with Crippen LogP contribution >= 0.6 is 0 Å². The lowest BCUT2D eigenvalue weighted by molar-refractivity contribution is 0.667. The number of aliphatic imine (C=N–C) groups is 2. The lowest BCUT2D eigenvalue weighted by Gasteiger charge is -2.23. The van der Waals surface area contributed by atoms with E-state index in [1.807, 2.05) is 24.3 Å². The van der Waals surface area contributed by atoms with Gasteiger partial charge in [-0.1, -0.05) is 152 Å². The molecule has 0 saturated heterocycles. The highest BCUT2D eigenvalue weighted by molar-refractivity contribution is 6.17. The maximum absolute atomic E-state index is 6.59. The van der Waals surface area contributed by atoms with Crippen molar-refractivity contribution in [2.45, 2.75) is 6.17 Å². The quantitative estimate of drug-likeness (QED) is 0.175. The Balaban J connectivity index is 1.02. The second kappa shape index (κ2) is 14.8. The second-order valence-electron chi connectivity index (χ2n) is 15.8. The molecule has 1 atom stereocenters. The molecule has 0 amide bonds. The van der Waals surface area contributed by atoms with Crippen LogP contribution < -0.4 is 5.32 Å². The van der Waals surface area contributed by atoms with Crippen molar-refractivity contribution in [3.8, 4) is 39.1 Å². The number of hydrogen-bond acceptors (Lipinski definition) is 4. The first kappa shape index (κ1) is 35.6. The first-order chi connectivity index (χ1) is 30.7. The number of nitrogens with one attached hydrogen (secondary N) is 1. The Labute approximate surface area is 358 Å². The van der Waals surface area contributed by atoms with E-state index < -0.39 is 6.17 Å². The fourth-order valence-electron chi connectivity index (χ4n) is 9.09. The molecule has 11 aromatic rings. The van der Waals surface area contributed by atoms with E-state index in [1.165, 1.54) is 21.8 Å². The fraction of sp³-hybridized carbons (Fsp3) is 0.0175. The number of rotatable bonds is 7. The molecular weight excluding hydrogens is 757 g/mol. The monoisotopic (exact) mass is 794 g/mol. The molecule has 0 saturated carbocycles. The molecular formula is C57H38N4O. The van der Waals surface area contributed by atoms with Gasteiger partial charge in [-0.25, -0.2) is 9.98 Å². The van der Waals surface area contributed by atoms with Gasteiger partial charge in [-0.2, -0.15) is 0 Å². The molecule has 292 valence electrons. The Bertz CT molecular complexity index is 3470. The maximum atomic E-state index is 6.59. The molecule has 1 unspecified atom stereocenters. The normalized spacial score (nSPS) is 14.0. The number of nitrogens with zero attached hydrogens (tertiary/aromatic N) is 3. The molecule has 62 heavy (non-hydrogen) atoms. The number of hydrogen-bond donors (Lipinski definition) is 1.